The minimum Gasteiger partial charge on any atom is -0.368 e. The first-order chi connectivity index (χ1) is 29.2. The number of para-hydroxylation sites is 1. The second-order valence-electron chi connectivity index (χ2n) is 16.1. The minimum absolute atomic E-state index is 0.0453. The van der Waals surface area contributed by atoms with Gasteiger partial charge in [0.25, 0.3) is 0 Å². The monoisotopic (exact) mass is 836 g/mol. The summed E-state index contributed by atoms with van der Waals surface area (Å²) in [5.74, 6) is -2.12. The van der Waals surface area contributed by atoms with E-state index in [1.54, 1.807) is 54.9 Å². The Kier molecular flexibility index (Phi) is 18.3. The van der Waals surface area contributed by atoms with E-state index in [0.29, 0.717) is 55.5 Å². The van der Waals surface area contributed by atoms with E-state index in [2.05, 4.69) is 36.9 Å². The van der Waals surface area contributed by atoms with E-state index in [4.69, 9.17) is 5.73 Å². The number of aldehydes is 1. The second kappa shape index (κ2) is 23.5. The first kappa shape index (κ1) is 47.5. The lowest BCUT2D eigenvalue weighted by molar-refractivity contribution is -0.134. The highest BCUT2D eigenvalue weighted by Gasteiger charge is 2.41. The Hall–Kier alpha value is -6.22. The van der Waals surface area contributed by atoms with Crippen LogP contribution in [0.4, 0.5) is 16.2 Å². The van der Waals surface area contributed by atoms with Crippen molar-refractivity contribution in [2.75, 3.05) is 23.7 Å². The van der Waals surface area contributed by atoms with Crippen molar-refractivity contribution in [3.63, 3.8) is 0 Å². The Morgan fingerprint density at radius 2 is 1.67 bits per heavy atom. The van der Waals surface area contributed by atoms with Crippen LogP contribution in [-0.2, 0) is 35.2 Å². The van der Waals surface area contributed by atoms with Crippen LogP contribution in [0.15, 0.2) is 79.1 Å². The van der Waals surface area contributed by atoms with Gasteiger partial charge in [0.15, 0.2) is 0 Å². The number of amides is 6. The van der Waals surface area contributed by atoms with Crippen molar-refractivity contribution in [3.05, 3.63) is 95.8 Å². The number of carbonyl (C=O) groups excluding carboxylic acids is 7. The molecule has 1 saturated carbocycles. The molecule has 1 unspecified atom stereocenters. The molecule has 1 heterocycles. The fourth-order valence-electron chi connectivity index (χ4n) is 7.49. The number of primary amides is 1. The van der Waals surface area contributed by atoms with Gasteiger partial charge in [0.1, 0.15) is 23.1 Å². The molecule has 0 aliphatic heterocycles. The summed E-state index contributed by atoms with van der Waals surface area (Å²) in [6.45, 7) is 5.37. The fraction of sp³-hybridized carbons (Fsp3) is 0.435. The lowest BCUT2D eigenvalue weighted by atomic mass is 9.80. The standard InChI is InChI=1S/C46H60N8O7/c1-32(26-34(3)56)27-39(42(59)54-46(43(47)60)22-7-4-8-23-46)50-30-45(31-55,21-9-10-25-49-40(57)20-17-36-13-11-24-48-29-36)53-41(58)28-35-15-18-37(19-16-35)51-44(61)52-38-14-6-5-12-33(38)2/h5-6,11-20,24,29,31-32,39,50H,4,7-10,21-23,25-28,30H2,1-3H3,(H2,47,60)(H,49,57)(H,53,58)(H,54,59)(H2,51,52,61)/b20-17+/t32?,39-,45+/m0/s1. The van der Waals surface area contributed by atoms with E-state index in [9.17, 15) is 33.6 Å². The minimum atomic E-state index is -1.48. The zero-order valence-electron chi connectivity index (χ0n) is 35.4. The van der Waals surface area contributed by atoms with E-state index < -0.39 is 40.9 Å². The number of hydrogen-bond acceptors (Lipinski definition) is 9. The van der Waals surface area contributed by atoms with Gasteiger partial charge in [-0.05, 0) is 105 Å². The van der Waals surface area contributed by atoms with E-state index in [1.807, 2.05) is 38.1 Å². The number of rotatable bonds is 23. The third-order valence-corrected chi connectivity index (χ3v) is 10.8. The number of Topliss-reactive ketones (excluding diaryl/α,β-unsaturated/α-hetero) is 1. The molecule has 6 amide bonds. The summed E-state index contributed by atoms with van der Waals surface area (Å²) in [6, 6.07) is 16.4. The van der Waals surface area contributed by atoms with Gasteiger partial charge >= 0.3 is 6.03 Å². The van der Waals surface area contributed by atoms with Crippen LogP contribution in [0.3, 0.4) is 0 Å². The summed E-state index contributed by atoms with van der Waals surface area (Å²) < 4.78 is 0. The maximum atomic E-state index is 14.0. The van der Waals surface area contributed by atoms with Crippen LogP contribution in [0.25, 0.3) is 6.08 Å². The number of pyridine rings is 1. The van der Waals surface area contributed by atoms with Crippen molar-refractivity contribution in [1.82, 2.24) is 26.3 Å². The third-order valence-electron chi connectivity index (χ3n) is 10.8. The Labute approximate surface area is 357 Å². The van der Waals surface area contributed by atoms with Crippen molar-refractivity contribution in [1.29, 1.82) is 0 Å². The van der Waals surface area contributed by atoms with Gasteiger partial charge in [0.2, 0.25) is 23.6 Å². The first-order valence-corrected chi connectivity index (χ1v) is 20.9. The number of nitrogens with two attached hydrogens (primary N) is 1. The molecule has 4 rings (SSSR count). The summed E-state index contributed by atoms with van der Waals surface area (Å²) in [5, 5.41) is 17.5. The summed E-state index contributed by atoms with van der Waals surface area (Å²) in [7, 11) is 0. The van der Waals surface area contributed by atoms with Crippen molar-refractivity contribution in [2.24, 2.45) is 11.7 Å². The number of benzene rings is 2. The topological polar surface area (TPSA) is 231 Å². The van der Waals surface area contributed by atoms with Gasteiger partial charge < -0.3 is 47.2 Å². The van der Waals surface area contributed by atoms with Gasteiger partial charge in [0.05, 0.1) is 12.5 Å². The Bertz CT molecular complexity index is 2000. The number of unbranched alkanes of at least 4 members (excludes halogenated alkanes) is 1. The predicted octanol–water partition coefficient (Wildman–Crippen LogP) is 4.90. The Balaban J connectivity index is 1.46. The molecule has 3 atom stereocenters. The van der Waals surface area contributed by atoms with Crippen LogP contribution in [0.5, 0.6) is 0 Å². The van der Waals surface area contributed by atoms with Crippen molar-refractivity contribution in [3.8, 4) is 0 Å². The van der Waals surface area contributed by atoms with Crippen LogP contribution in [0.2, 0.25) is 0 Å². The third kappa shape index (κ3) is 15.7. The van der Waals surface area contributed by atoms with Crippen LogP contribution >= 0.6 is 0 Å². The van der Waals surface area contributed by atoms with Gasteiger partial charge in [0, 0.05) is 49.4 Å². The van der Waals surface area contributed by atoms with Crippen molar-refractivity contribution < 1.29 is 33.6 Å². The maximum Gasteiger partial charge on any atom is 0.323 e. The van der Waals surface area contributed by atoms with Gasteiger partial charge in [-0.1, -0.05) is 62.6 Å². The van der Waals surface area contributed by atoms with Gasteiger partial charge in [-0.2, -0.15) is 0 Å². The average molecular weight is 837 g/mol. The number of aryl methyl sites for hydroxylation is 1. The average Bonchev–Trinajstić information content (AvgIpc) is 3.23. The highest BCUT2D eigenvalue weighted by Crippen LogP contribution is 2.28. The SMILES string of the molecule is CC(=O)CC(C)C[C@H](NC[C@@](C=O)(CCCCNC(=O)/C=C/c1cccnc1)NC(=O)Cc1ccc(NC(=O)Nc2ccccc2C)cc1)C(=O)NC1(C(N)=O)CCCCC1. The molecule has 15 heteroatoms. The van der Waals surface area contributed by atoms with Crippen LogP contribution < -0.4 is 37.6 Å². The smallest absolute Gasteiger partial charge is 0.323 e. The predicted molar refractivity (Wildman–Crippen MR) is 235 cm³/mol. The number of nitrogens with one attached hydrogen (secondary N) is 6. The Morgan fingerprint density at radius 1 is 0.934 bits per heavy atom. The molecule has 1 aliphatic rings. The Morgan fingerprint density at radius 3 is 2.33 bits per heavy atom. The number of aromatic nitrogens is 1. The highest BCUT2D eigenvalue weighted by atomic mass is 16.2. The van der Waals surface area contributed by atoms with Crippen molar-refractivity contribution >= 4 is 59.2 Å². The maximum absolute atomic E-state index is 14.0. The van der Waals surface area contributed by atoms with Crippen LogP contribution in [-0.4, -0.2) is 76.9 Å². The molecule has 1 aromatic heterocycles. The van der Waals surface area contributed by atoms with Crippen LogP contribution in [0, 0.1) is 12.8 Å². The molecule has 0 bridgehead atoms. The molecule has 15 nitrogen and oxygen atoms in total. The largest absolute Gasteiger partial charge is 0.368 e. The molecule has 2 aromatic carbocycles. The van der Waals surface area contributed by atoms with Gasteiger partial charge in [-0.15, -0.1) is 0 Å². The summed E-state index contributed by atoms with van der Waals surface area (Å²) in [6.07, 6.45) is 11.6. The molecule has 326 valence electrons. The van der Waals surface area contributed by atoms with Crippen molar-refractivity contribution in [2.45, 2.75) is 109 Å². The highest BCUT2D eigenvalue weighted by molar-refractivity contribution is 6.00. The number of nitrogens with zero attached hydrogens (tertiary/aromatic N) is 1. The molecular weight excluding hydrogens is 777 g/mol. The summed E-state index contributed by atoms with van der Waals surface area (Å²) in [4.78, 5) is 94.6. The molecule has 0 saturated heterocycles. The van der Waals surface area contributed by atoms with E-state index >= 15 is 0 Å². The van der Waals surface area contributed by atoms with E-state index in [-0.39, 0.29) is 49.8 Å². The molecule has 3 aromatic rings. The van der Waals surface area contributed by atoms with E-state index in [0.717, 1.165) is 30.4 Å². The molecule has 61 heavy (non-hydrogen) atoms. The van der Waals surface area contributed by atoms with Crippen LogP contribution in [0.1, 0.15) is 94.7 Å². The molecule has 1 fully saturated rings. The molecule has 1 aliphatic carbocycles. The summed E-state index contributed by atoms with van der Waals surface area (Å²) in [5.41, 5.74) is 6.65. The number of carbonyl (C=O) groups is 7. The van der Waals surface area contributed by atoms with Gasteiger partial charge in [-0.3, -0.25) is 24.2 Å². The second-order valence-corrected chi connectivity index (χ2v) is 16.1. The quantitative estimate of drug-likeness (QED) is 0.0391. The lowest BCUT2D eigenvalue weighted by Gasteiger charge is -2.37. The number of hydrogen-bond donors (Lipinski definition) is 7. The number of ketones is 1. The van der Waals surface area contributed by atoms with Gasteiger partial charge in [-0.25, -0.2) is 4.79 Å². The first-order valence-electron chi connectivity index (χ1n) is 20.9. The zero-order valence-corrected chi connectivity index (χ0v) is 35.4. The zero-order chi connectivity index (χ0) is 44.3. The molecule has 0 spiro atoms. The summed E-state index contributed by atoms with van der Waals surface area (Å²) >= 11 is 0. The molecule has 8 N–H and O–H groups in total. The number of anilines is 2. The molecule has 0 radical (unpaired) electrons. The lowest BCUT2D eigenvalue weighted by Crippen LogP contribution is -2.64. The molecular formula is C46H60N8O7. The fourth-order valence-corrected chi connectivity index (χ4v) is 7.49. The normalized spacial score (nSPS) is 15.3. The van der Waals surface area contributed by atoms with E-state index in [1.165, 1.54) is 13.0 Å². The number of urea groups is 1.